The predicted octanol–water partition coefficient (Wildman–Crippen LogP) is 7.74. The SMILES string of the molecule is CC(OS(=O)(=O)c1ccccc1)C1CCC(c2ccc(-c3cc(F)c(OC(F)(F)F)c(F)c3)c(F)c2)CC1. The average Bonchev–Trinajstić information content (AvgIpc) is 2.86. The van der Waals surface area contributed by atoms with Gasteiger partial charge in [0.25, 0.3) is 10.1 Å². The second-order valence-electron chi connectivity index (χ2n) is 9.24. The Bertz CT molecular complexity index is 1360. The number of hydrogen-bond donors (Lipinski definition) is 0. The summed E-state index contributed by atoms with van der Waals surface area (Å²) in [6.07, 6.45) is -3.23. The molecule has 0 amide bonds. The number of hydrogen-bond acceptors (Lipinski definition) is 4. The van der Waals surface area contributed by atoms with Gasteiger partial charge in [-0.2, -0.15) is 8.42 Å². The first-order chi connectivity index (χ1) is 17.8. The molecular formula is C27H24F6O4S. The summed E-state index contributed by atoms with van der Waals surface area (Å²) < 4.78 is 114. The van der Waals surface area contributed by atoms with Crippen molar-refractivity contribution in [3.8, 4) is 16.9 Å². The zero-order chi connectivity index (χ0) is 27.7. The summed E-state index contributed by atoms with van der Waals surface area (Å²) in [6, 6.07) is 13.2. The van der Waals surface area contributed by atoms with Crippen LogP contribution in [0.2, 0.25) is 0 Å². The van der Waals surface area contributed by atoms with Crippen LogP contribution in [0.4, 0.5) is 26.3 Å². The summed E-state index contributed by atoms with van der Waals surface area (Å²) in [5.74, 6) is -5.64. The molecule has 0 spiro atoms. The Hall–Kier alpha value is -3.05. The van der Waals surface area contributed by atoms with Gasteiger partial charge in [-0.1, -0.05) is 30.3 Å². The average molecular weight is 559 g/mol. The van der Waals surface area contributed by atoms with Crippen molar-refractivity contribution in [2.45, 2.75) is 55.9 Å². The van der Waals surface area contributed by atoms with E-state index in [0.717, 1.165) is 0 Å². The molecule has 1 fully saturated rings. The van der Waals surface area contributed by atoms with E-state index in [4.69, 9.17) is 4.18 Å². The monoisotopic (exact) mass is 558 g/mol. The van der Waals surface area contributed by atoms with E-state index in [-0.39, 0.29) is 27.9 Å². The van der Waals surface area contributed by atoms with Crippen LogP contribution < -0.4 is 4.74 Å². The van der Waals surface area contributed by atoms with Gasteiger partial charge in [0.2, 0.25) is 5.75 Å². The third-order valence-electron chi connectivity index (χ3n) is 6.74. The molecule has 0 aliphatic heterocycles. The summed E-state index contributed by atoms with van der Waals surface area (Å²) in [6.45, 7) is 1.71. The van der Waals surface area contributed by atoms with Gasteiger partial charge in [-0.3, -0.25) is 4.18 Å². The van der Waals surface area contributed by atoms with Crippen LogP contribution in [-0.4, -0.2) is 20.9 Å². The third kappa shape index (κ3) is 6.50. The van der Waals surface area contributed by atoms with E-state index >= 15 is 0 Å². The molecule has 0 N–H and O–H groups in total. The van der Waals surface area contributed by atoms with E-state index in [1.165, 1.54) is 24.3 Å². The van der Waals surface area contributed by atoms with Gasteiger partial charge in [0.05, 0.1) is 11.0 Å². The van der Waals surface area contributed by atoms with E-state index in [1.807, 2.05) is 0 Å². The molecule has 4 nitrogen and oxygen atoms in total. The van der Waals surface area contributed by atoms with E-state index in [9.17, 15) is 34.8 Å². The number of rotatable bonds is 7. The van der Waals surface area contributed by atoms with Crippen molar-refractivity contribution in [2.75, 3.05) is 0 Å². The lowest BCUT2D eigenvalue weighted by Crippen LogP contribution is -2.27. The Labute approximate surface area is 216 Å². The minimum atomic E-state index is -5.28. The van der Waals surface area contributed by atoms with Crippen LogP contribution in [0.5, 0.6) is 5.75 Å². The maximum atomic E-state index is 14.9. The molecule has 0 heterocycles. The Kier molecular flexibility index (Phi) is 8.08. The van der Waals surface area contributed by atoms with E-state index in [1.54, 1.807) is 31.2 Å². The minimum Gasteiger partial charge on any atom is -0.399 e. The Morgan fingerprint density at radius 3 is 2.00 bits per heavy atom. The molecule has 0 aromatic heterocycles. The molecule has 1 aliphatic carbocycles. The maximum absolute atomic E-state index is 14.9. The van der Waals surface area contributed by atoms with Gasteiger partial charge >= 0.3 is 6.36 Å². The topological polar surface area (TPSA) is 52.6 Å². The summed E-state index contributed by atoms with van der Waals surface area (Å²) in [5, 5.41) is 0. The lowest BCUT2D eigenvalue weighted by molar-refractivity contribution is -0.276. The van der Waals surface area contributed by atoms with E-state index < -0.39 is 45.8 Å². The number of alkyl halides is 3. The fraction of sp³-hybridized carbons (Fsp3) is 0.333. The summed E-state index contributed by atoms with van der Waals surface area (Å²) in [5.41, 5.74) is 0.216. The molecule has 1 unspecified atom stereocenters. The highest BCUT2D eigenvalue weighted by Gasteiger charge is 2.34. The first kappa shape index (κ1) is 28.0. The van der Waals surface area contributed by atoms with Crippen molar-refractivity contribution in [3.63, 3.8) is 0 Å². The smallest absolute Gasteiger partial charge is 0.399 e. The van der Waals surface area contributed by atoms with Crippen molar-refractivity contribution >= 4 is 10.1 Å². The van der Waals surface area contributed by atoms with Crippen LogP contribution in [0.15, 0.2) is 65.6 Å². The molecule has 1 atom stereocenters. The lowest BCUT2D eigenvalue weighted by Gasteiger charge is -2.32. The molecule has 204 valence electrons. The zero-order valence-electron chi connectivity index (χ0n) is 20.1. The van der Waals surface area contributed by atoms with Crippen molar-refractivity contribution < 1.29 is 43.7 Å². The molecule has 1 aliphatic rings. The fourth-order valence-corrected chi connectivity index (χ4v) is 5.95. The predicted molar refractivity (Wildman–Crippen MR) is 127 cm³/mol. The Morgan fingerprint density at radius 1 is 0.842 bits per heavy atom. The van der Waals surface area contributed by atoms with E-state index in [0.29, 0.717) is 43.4 Å². The van der Waals surface area contributed by atoms with Gasteiger partial charge in [-0.25, -0.2) is 13.2 Å². The maximum Gasteiger partial charge on any atom is 0.573 e. The Morgan fingerprint density at radius 2 is 1.45 bits per heavy atom. The molecule has 0 saturated heterocycles. The summed E-state index contributed by atoms with van der Waals surface area (Å²) in [4.78, 5) is 0.0818. The molecule has 11 heteroatoms. The third-order valence-corrected chi connectivity index (χ3v) is 8.14. The molecule has 1 saturated carbocycles. The molecule has 3 aromatic rings. The van der Waals surface area contributed by atoms with Crippen LogP contribution in [-0.2, 0) is 14.3 Å². The van der Waals surface area contributed by atoms with Gasteiger partial charge in [0, 0.05) is 5.56 Å². The van der Waals surface area contributed by atoms with Gasteiger partial charge in [0.1, 0.15) is 5.82 Å². The highest BCUT2D eigenvalue weighted by Crippen LogP contribution is 2.40. The normalized spacial score (nSPS) is 19.2. The second-order valence-corrected chi connectivity index (χ2v) is 10.8. The fourth-order valence-electron chi connectivity index (χ4n) is 4.79. The van der Waals surface area contributed by atoms with Crippen LogP contribution in [0.1, 0.15) is 44.1 Å². The lowest BCUT2D eigenvalue weighted by atomic mass is 9.77. The first-order valence-corrected chi connectivity index (χ1v) is 13.3. The molecule has 0 radical (unpaired) electrons. The van der Waals surface area contributed by atoms with Crippen molar-refractivity contribution in [1.82, 2.24) is 0 Å². The van der Waals surface area contributed by atoms with Gasteiger partial charge < -0.3 is 4.74 Å². The minimum absolute atomic E-state index is 0.0164. The van der Waals surface area contributed by atoms with Crippen LogP contribution in [0.25, 0.3) is 11.1 Å². The molecular weight excluding hydrogens is 534 g/mol. The number of halogens is 6. The van der Waals surface area contributed by atoms with Crippen molar-refractivity contribution in [1.29, 1.82) is 0 Å². The standard InChI is InChI=1S/C27H24F6O4S/c1-16(37-38(34,35)21-5-3-2-4-6-21)17-7-9-18(10-8-17)19-11-12-22(23(28)13-19)20-14-24(29)26(25(30)15-20)36-27(31,32)33/h2-6,11-18H,7-10H2,1H3. The van der Waals surface area contributed by atoms with Crippen molar-refractivity contribution in [3.05, 3.63) is 83.7 Å². The van der Waals surface area contributed by atoms with Crippen LogP contribution in [0, 0.1) is 23.4 Å². The summed E-state index contributed by atoms with van der Waals surface area (Å²) >= 11 is 0. The number of benzene rings is 3. The van der Waals surface area contributed by atoms with Crippen molar-refractivity contribution in [2.24, 2.45) is 5.92 Å². The van der Waals surface area contributed by atoms with Crippen LogP contribution in [0.3, 0.4) is 0 Å². The molecule has 3 aromatic carbocycles. The molecule has 0 bridgehead atoms. The molecule has 4 rings (SSSR count). The van der Waals surface area contributed by atoms with Gasteiger partial charge in [-0.15, -0.1) is 13.2 Å². The highest BCUT2D eigenvalue weighted by atomic mass is 32.2. The van der Waals surface area contributed by atoms with Gasteiger partial charge in [-0.05, 0) is 85.9 Å². The molecule has 38 heavy (non-hydrogen) atoms. The first-order valence-electron chi connectivity index (χ1n) is 11.9. The van der Waals surface area contributed by atoms with Crippen LogP contribution >= 0.6 is 0 Å². The Balaban J connectivity index is 1.42. The largest absolute Gasteiger partial charge is 0.573 e. The quantitative estimate of drug-likeness (QED) is 0.220. The summed E-state index contributed by atoms with van der Waals surface area (Å²) in [7, 11) is -3.90. The van der Waals surface area contributed by atoms with Gasteiger partial charge in [0.15, 0.2) is 11.6 Å². The highest BCUT2D eigenvalue weighted by molar-refractivity contribution is 7.86. The second kappa shape index (κ2) is 11.0. The zero-order valence-corrected chi connectivity index (χ0v) is 21.0. The van der Waals surface area contributed by atoms with E-state index in [2.05, 4.69) is 4.74 Å². The number of ether oxygens (including phenoxy) is 1.